The third-order valence-corrected chi connectivity index (χ3v) is 6.26. The summed E-state index contributed by atoms with van der Waals surface area (Å²) >= 11 is 1.33. The van der Waals surface area contributed by atoms with Gasteiger partial charge in [-0.15, -0.1) is 11.3 Å². The number of ether oxygens (including phenoxy) is 2. The molecular weight excluding hydrogens is 416 g/mol. The van der Waals surface area contributed by atoms with Crippen LogP contribution in [0.4, 0.5) is 5.82 Å². The van der Waals surface area contributed by atoms with Crippen LogP contribution in [0.15, 0.2) is 24.5 Å². The molecule has 0 saturated heterocycles. The minimum atomic E-state index is -0.549. The van der Waals surface area contributed by atoms with Crippen molar-refractivity contribution >= 4 is 33.3 Å². The number of benzene rings is 1. The predicted molar refractivity (Wildman–Crippen MR) is 123 cm³/mol. The van der Waals surface area contributed by atoms with Crippen LogP contribution in [-0.4, -0.2) is 54.4 Å². The van der Waals surface area contributed by atoms with E-state index in [4.69, 9.17) is 9.47 Å². The van der Waals surface area contributed by atoms with Gasteiger partial charge in [0.05, 0.1) is 30.6 Å². The first-order chi connectivity index (χ1) is 15.0. The maximum atomic E-state index is 12.6. The second-order valence-electron chi connectivity index (χ2n) is 7.10. The van der Waals surface area contributed by atoms with Crippen LogP contribution < -0.4 is 20.1 Å². The van der Waals surface area contributed by atoms with Gasteiger partial charge in [-0.25, -0.2) is 9.97 Å². The van der Waals surface area contributed by atoms with Crippen molar-refractivity contribution in [1.29, 1.82) is 0 Å². The van der Waals surface area contributed by atoms with Crippen molar-refractivity contribution in [1.82, 2.24) is 15.3 Å². The fourth-order valence-corrected chi connectivity index (χ4v) is 4.28. The molecule has 31 heavy (non-hydrogen) atoms. The summed E-state index contributed by atoms with van der Waals surface area (Å²) in [5.74, 6) is 1.89. The zero-order valence-corrected chi connectivity index (χ0v) is 19.0. The highest BCUT2D eigenvalue weighted by atomic mass is 32.1. The molecule has 3 aromatic rings. The van der Waals surface area contributed by atoms with Crippen molar-refractivity contribution in [3.63, 3.8) is 0 Å². The van der Waals surface area contributed by atoms with Crippen LogP contribution in [0.25, 0.3) is 10.2 Å². The lowest BCUT2D eigenvalue weighted by molar-refractivity contribution is 0.0917. The second-order valence-corrected chi connectivity index (χ2v) is 8.10. The molecule has 3 rings (SSSR count). The first-order valence-electron chi connectivity index (χ1n) is 10.1. The van der Waals surface area contributed by atoms with E-state index in [1.807, 2.05) is 32.0 Å². The molecule has 8 nitrogen and oxygen atoms in total. The number of hydrogen-bond donors (Lipinski definition) is 3. The lowest BCUT2D eigenvalue weighted by atomic mass is 10.1. The summed E-state index contributed by atoms with van der Waals surface area (Å²) in [7, 11) is 3.23. The van der Waals surface area contributed by atoms with Crippen molar-refractivity contribution in [2.45, 2.75) is 32.8 Å². The van der Waals surface area contributed by atoms with E-state index in [-0.39, 0.29) is 12.5 Å². The number of fused-ring (bicyclic) bond motifs is 1. The number of aryl methyl sites for hydroxylation is 1. The van der Waals surface area contributed by atoms with Gasteiger partial charge >= 0.3 is 0 Å². The summed E-state index contributed by atoms with van der Waals surface area (Å²) in [5.41, 5.74) is 1.93. The first kappa shape index (κ1) is 22.8. The van der Waals surface area contributed by atoms with Crippen LogP contribution in [-0.2, 0) is 6.42 Å². The lowest BCUT2D eigenvalue weighted by Gasteiger charge is -2.11. The molecule has 2 heterocycles. The van der Waals surface area contributed by atoms with Crippen molar-refractivity contribution in [2.24, 2.45) is 0 Å². The third-order valence-electron chi connectivity index (χ3n) is 5.06. The van der Waals surface area contributed by atoms with Gasteiger partial charge < -0.3 is 25.2 Å². The molecule has 0 aliphatic heterocycles. The number of hydrogen-bond acceptors (Lipinski definition) is 8. The summed E-state index contributed by atoms with van der Waals surface area (Å²) in [6, 6.07) is 5.85. The molecule has 1 unspecified atom stereocenters. The van der Waals surface area contributed by atoms with E-state index in [0.29, 0.717) is 35.2 Å². The Hall–Kier alpha value is -2.91. The van der Waals surface area contributed by atoms with Gasteiger partial charge in [-0.05, 0) is 43.0 Å². The Bertz CT molecular complexity index is 1050. The average molecular weight is 445 g/mol. The fraction of sp³-hybridized carbons (Fsp3) is 0.409. The van der Waals surface area contributed by atoms with Crippen molar-refractivity contribution in [2.75, 3.05) is 32.6 Å². The number of carbonyl (C=O) groups excluding carboxylic acids is 1. The van der Waals surface area contributed by atoms with Crippen molar-refractivity contribution in [3.05, 3.63) is 40.5 Å². The molecule has 0 spiro atoms. The number of carbonyl (C=O) groups is 1. The van der Waals surface area contributed by atoms with Crippen molar-refractivity contribution < 1.29 is 19.4 Å². The topological polar surface area (TPSA) is 106 Å². The van der Waals surface area contributed by atoms with E-state index in [1.165, 1.54) is 17.7 Å². The minimum absolute atomic E-state index is 0.204. The maximum absolute atomic E-state index is 12.6. The molecular formula is C22H28N4O4S. The monoisotopic (exact) mass is 444 g/mol. The highest BCUT2D eigenvalue weighted by Gasteiger charge is 2.19. The predicted octanol–water partition coefficient (Wildman–Crippen LogP) is 3.17. The van der Waals surface area contributed by atoms with Crippen LogP contribution in [0.3, 0.4) is 0 Å². The molecule has 2 aromatic heterocycles. The van der Waals surface area contributed by atoms with Gasteiger partial charge in [-0.2, -0.15) is 0 Å². The highest BCUT2D eigenvalue weighted by molar-refractivity contribution is 7.20. The number of aliphatic hydroxyl groups excluding tert-OH is 1. The van der Waals surface area contributed by atoms with E-state index in [1.54, 1.807) is 14.2 Å². The van der Waals surface area contributed by atoms with Gasteiger partial charge in [0, 0.05) is 13.1 Å². The first-order valence-corrected chi connectivity index (χ1v) is 10.9. The smallest absolute Gasteiger partial charge is 0.261 e. The summed E-state index contributed by atoms with van der Waals surface area (Å²) in [6.45, 7) is 4.65. The number of aromatic nitrogens is 2. The SMILES string of the molecule is CCC(O)CNC(=O)c1sc2ncnc(NCCc3ccc(OC)c(OC)c3)c2c1C. The van der Waals surface area contributed by atoms with E-state index >= 15 is 0 Å². The Balaban J connectivity index is 1.73. The van der Waals surface area contributed by atoms with Gasteiger partial charge in [0.25, 0.3) is 5.91 Å². The highest BCUT2D eigenvalue weighted by Crippen LogP contribution is 2.33. The van der Waals surface area contributed by atoms with Crippen LogP contribution in [0.5, 0.6) is 11.5 Å². The molecule has 3 N–H and O–H groups in total. The minimum Gasteiger partial charge on any atom is -0.493 e. The number of anilines is 1. The number of nitrogens with one attached hydrogen (secondary N) is 2. The summed E-state index contributed by atoms with van der Waals surface area (Å²) in [4.78, 5) is 22.6. The number of amides is 1. The molecule has 0 aliphatic rings. The second kappa shape index (κ2) is 10.4. The Morgan fingerprint density at radius 2 is 2.00 bits per heavy atom. The summed E-state index contributed by atoms with van der Waals surface area (Å²) < 4.78 is 10.6. The largest absolute Gasteiger partial charge is 0.493 e. The zero-order valence-electron chi connectivity index (χ0n) is 18.2. The number of aliphatic hydroxyl groups is 1. The Kier molecular flexibility index (Phi) is 7.64. The molecule has 0 fully saturated rings. The van der Waals surface area contributed by atoms with Gasteiger partial charge in [-0.3, -0.25) is 4.79 Å². The van der Waals surface area contributed by atoms with E-state index in [9.17, 15) is 9.90 Å². The van der Waals surface area contributed by atoms with Gasteiger partial charge in [0.1, 0.15) is 17.0 Å². The van der Waals surface area contributed by atoms with E-state index in [2.05, 4.69) is 20.6 Å². The molecule has 0 aliphatic carbocycles. The number of rotatable bonds is 10. The van der Waals surface area contributed by atoms with Gasteiger partial charge in [0.2, 0.25) is 0 Å². The Labute approximate surface area is 185 Å². The molecule has 0 radical (unpaired) electrons. The van der Waals surface area contributed by atoms with Crippen molar-refractivity contribution in [3.8, 4) is 11.5 Å². The maximum Gasteiger partial charge on any atom is 0.261 e. The Morgan fingerprint density at radius 1 is 1.23 bits per heavy atom. The molecule has 0 bridgehead atoms. The molecule has 1 atom stereocenters. The normalized spacial score (nSPS) is 11.9. The van der Waals surface area contributed by atoms with Crippen LogP contribution in [0, 0.1) is 6.92 Å². The number of methoxy groups -OCH3 is 2. The molecule has 1 aromatic carbocycles. The fourth-order valence-electron chi connectivity index (χ4n) is 3.22. The number of thiophene rings is 1. The standard InChI is InChI=1S/C22H28N4O4S/c1-5-15(27)11-24-21(28)19-13(2)18-20(25-12-26-22(18)31-19)23-9-8-14-6-7-16(29-3)17(10-14)30-4/h6-7,10,12,15,27H,5,8-9,11H2,1-4H3,(H,24,28)(H,23,25,26). The molecule has 9 heteroatoms. The molecule has 1 amide bonds. The quantitative estimate of drug-likeness (QED) is 0.441. The van der Waals surface area contributed by atoms with Gasteiger partial charge in [-0.1, -0.05) is 13.0 Å². The van der Waals surface area contributed by atoms with Crippen LogP contribution >= 0.6 is 11.3 Å². The average Bonchev–Trinajstić information content (AvgIpc) is 3.14. The zero-order chi connectivity index (χ0) is 22.4. The number of nitrogens with zero attached hydrogens (tertiary/aromatic N) is 2. The summed E-state index contributed by atoms with van der Waals surface area (Å²) in [5, 5.41) is 16.7. The van der Waals surface area contributed by atoms with Gasteiger partial charge in [0.15, 0.2) is 11.5 Å². The van der Waals surface area contributed by atoms with E-state index in [0.717, 1.165) is 27.8 Å². The van der Waals surface area contributed by atoms with E-state index < -0.39 is 6.10 Å². The molecule has 0 saturated carbocycles. The third kappa shape index (κ3) is 5.23. The van der Waals surface area contributed by atoms with Crippen LogP contribution in [0.2, 0.25) is 0 Å². The lowest BCUT2D eigenvalue weighted by Crippen LogP contribution is -2.31. The van der Waals surface area contributed by atoms with Crippen LogP contribution in [0.1, 0.15) is 34.1 Å². The summed E-state index contributed by atoms with van der Waals surface area (Å²) in [6.07, 6.45) is 2.30. The Morgan fingerprint density at radius 3 is 2.71 bits per heavy atom. The molecule has 166 valence electrons.